The number of ether oxygens (including phenoxy) is 3. The van der Waals surface area contributed by atoms with Crippen LogP contribution >= 0.6 is 0 Å². The first kappa shape index (κ1) is 72.1. The topological polar surface area (TPSA) is 78.9 Å². The van der Waals surface area contributed by atoms with Crippen LogP contribution in [0.4, 0.5) is 0 Å². The average Bonchev–Trinajstić information content (AvgIpc) is 3.41. The number of rotatable bonds is 60. The first-order valence-corrected chi connectivity index (χ1v) is 32.8. The van der Waals surface area contributed by atoms with E-state index < -0.39 is 6.10 Å². The minimum Gasteiger partial charge on any atom is -0.462 e. The first-order valence-electron chi connectivity index (χ1n) is 32.8. The Kier molecular flexibility index (Phi) is 61.2. The molecule has 1 unspecified atom stereocenters. The van der Waals surface area contributed by atoms with E-state index in [-0.39, 0.29) is 31.1 Å². The van der Waals surface area contributed by atoms with E-state index in [2.05, 4.69) is 81.5 Å². The Labute approximate surface area is 466 Å². The highest BCUT2D eigenvalue weighted by molar-refractivity contribution is 5.71. The molecular weight excluding hydrogens is 925 g/mol. The van der Waals surface area contributed by atoms with Gasteiger partial charge in [-0.1, -0.05) is 281 Å². The second kappa shape index (κ2) is 63.6. The van der Waals surface area contributed by atoms with Crippen LogP contribution in [0.2, 0.25) is 0 Å². The molecule has 0 N–H and O–H groups in total. The van der Waals surface area contributed by atoms with Crippen molar-refractivity contribution in [2.24, 2.45) is 0 Å². The van der Waals surface area contributed by atoms with Gasteiger partial charge in [0.25, 0.3) is 0 Å². The van der Waals surface area contributed by atoms with Gasteiger partial charge < -0.3 is 14.2 Å². The van der Waals surface area contributed by atoms with Gasteiger partial charge in [-0.25, -0.2) is 0 Å². The maximum absolute atomic E-state index is 12.9. The second-order valence-electron chi connectivity index (χ2n) is 22.0. The Balaban J connectivity index is 4.17. The zero-order valence-corrected chi connectivity index (χ0v) is 50.1. The lowest BCUT2D eigenvalue weighted by molar-refractivity contribution is -0.167. The Bertz CT molecular complexity index is 1340. The summed E-state index contributed by atoms with van der Waals surface area (Å²) in [5.41, 5.74) is 0. The Morgan fingerprint density at radius 2 is 0.507 bits per heavy atom. The Morgan fingerprint density at radius 1 is 0.267 bits per heavy atom. The molecule has 0 aliphatic heterocycles. The zero-order chi connectivity index (χ0) is 54.3. The molecule has 75 heavy (non-hydrogen) atoms. The lowest BCUT2D eigenvalue weighted by Gasteiger charge is -2.18. The molecule has 0 saturated carbocycles. The quantitative estimate of drug-likeness (QED) is 0.0261. The predicted octanol–water partition coefficient (Wildman–Crippen LogP) is 22.3. The van der Waals surface area contributed by atoms with Crippen LogP contribution < -0.4 is 0 Å². The first-order chi connectivity index (χ1) is 37.0. The normalized spacial score (nSPS) is 12.4. The third-order valence-corrected chi connectivity index (χ3v) is 14.4. The third-order valence-electron chi connectivity index (χ3n) is 14.4. The van der Waals surface area contributed by atoms with Crippen molar-refractivity contribution in [2.75, 3.05) is 13.2 Å². The number of unbranched alkanes of at least 4 members (excludes halogenated alkanes) is 39. The molecule has 0 aromatic rings. The largest absolute Gasteiger partial charge is 0.462 e. The van der Waals surface area contributed by atoms with Crippen LogP contribution in [0.15, 0.2) is 60.8 Å². The fourth-order valence-electron chi connectivity index (χ4n) is 9.51. The van der Waals surface area contributed by atoms with Gasteiger partial charge >= 0.3 is 17.9 Å². The summed E-state index contributed by atoms with van der Waals surface area (Å²) in [6.45, 7) is 6.59. The highest BCUT2D eigenvalue weighted by atomic mass is 16.6. The lowest BCUT2D eigenvalue weighted by atomic mass is 10.0. The van der Waals surface area contributed by atoms with Crippen molar-refractivity contribution in [1.82, 2.24) is 0 Å². The summed E-state index contributed by atoms with van der Waals surface area (Å²) in [6, 6.07) is 0. The van der Waals surface area contributed by atoms with Crippen LogP contribution in [0.1, 0.15) is 342 Å². The van der Waals surface area contributed by atoms with E-state index in [9.17, 15) is 14.4 Å². The molecule has 0 spiro atoms. The zero-order valence-electron chi connectivity index (χ0n) is 50.1. The van der Waals surface area contributed by atoms with Crippen LogP contribution in [0.25, 0.3) is 0 Å². The molecule has 0 aliphatic rings. The highest BCUT2D eigenvalue weighted by Gasteiger charge is 2.19. The fraction of sp³-hybridized carbons (Fsp3) is 0.812. The van der Waals surface area contributed by atoms with Gasteiger partial charge in [-0.2, -0.15) is 0 Å². The lowest BCUT2D eigenvalue weighted by Crippen LogP contribution is -2.30. The summed E-state index contributed by atoms with van der Waals surface area (Å²) >= 11 is 0. The van der Waals surface area contributed by atoms with E-state index in [1.165, 1.54) is 218 Å². The molecule has 0 saturated heterocycles. The fourth-order valence-corrected chi connectivity index (χ4v) is 9.51. The molecule has 1 atom stereocenters. The molecule has 6 nitrogen and oxygen atoms in total. The van der Waals surface area contributed by atoms with Crippen molar-refractivity contribution < 1.29 is 28.6 Å². The molecule has 0 amide bonds. The number of allylic oxidation sites excluding steroid dienone is 10. The molecule has 0 aromatic heterocycles. The van der Waals surface area contributed by atoms with Gasteiger partial charge in [0.1, 0.15) is 13.2 Å². The summed E-state index contributed by atoms with van der Waals surface area (Å²) in [6.07, 6.45) is 81.0. The van der Waals surface area contributed by atoms with Crippen molar-refractivity contribution in [2.45, 2.75) is 348 Å². The summed E-state index contributed by atoms with van der Waals surface area (Å²) in [7, 11) is 0. The highest BCUT2D eigenvalue weighted by Crippen LogP contribution is 2.17. The molecule has 436 valence electrons. The number of carbonyl (C=O) groups is 3. The standard InChI is InChI=1S/C69H124O6/c1-4-7-10-13-16-19-22-24-26-28-30-31-32-33-34-35-36-37-38-39-40-42-43-45-47-50-53-56-59-62-68(71)74-65-66(64-73-67(70)61-58-55-52-49-21-18-15-12-9-6-3)75-69(72)63-60-57-54-51-48-46-44-41-29-27-25-23-20-17-14-11-8-5-2/h12,15,22,24,27-30,32-33,66H,4-11,13-14,16-21,23,25-26,31,34-65H2,1-3H3/b15-12-,24-22-,29-27-,30-28-,33-32-. The Morgan fingerprint density at radius 3 is 0.813 bits per heavy atom. The molecule has 0 bridgehead atoms. The summed E-state index contributed by atoms with van der Waals surface area (Å²) < 4.78 is 16.9. The van der Waals surface area contributed by atoms with Crippen molar-refractivity contribution in [3.8, 4) is 0 Å². The predicted molar refractivity (Wildman–Crippen MR) is 325 cm³/mol. The summed E-state index contributed by atoms with van der Waals surface area (Å²) in [5.74, 6) is -0.877. The van der Waals surface area contributed by atoms with Gasteiger partial charge in [-0.05, 0) is 103 Å². The van der Waals surface area contributed by atoms with Gasteiger partial charge in [0.2, 0.25) is 0 Å². The van der Waals surface area contributed by atoms with E-state index in [1.54, 1.807) is 0 Å². The number of carbonyl (C=O) groups excluding carboxylic acids is 3. The monoisotopic (exact) mass is 1050 g/mol. The van der Waals surface area contributed by atoms with E-state index in [1.807, 2.05) is 0 Å². The molecule has 6 heteroatoms. The molecule has 0 heterocycles. The van der Waals surface area contributed by atoms with Crippen LogP contribution in [-0.2, 0) is 28.6 Å². The molecular formula is C69H124O6. The van der Waals surface area contributed by atoms with Gasteiger partial charge in [-0.3, -0.25) is 14.4 Å². The van der Waals surface area contributed by atoms with Gasteiger partial charge in [0.15, 0.2) is 6.10 Å². The van der Waals surface area contributed by atoms with Gasteiger partial charge in [0.05, 0.1) is 0 Å². The third kappa shape index (κ3) is 61.8. The van der Waals surface area contributed by atoms with Crippen LogP contribution in [0.3, 0.4) is 0 Å². The van der Waals surface area contributed by atoms with Crippen molar-refractivity contribution in [3.05, 3.63) is 60.8 Å². The smallest absolute Gasteiger partial charge is 0.306 e. The van der Waals surface area contributed by atoms with E-state index >= 15 is 0 Å². The Hall–Kier alpha value is -2.89. The molecule has 0 aromatic carbocycles. The maximum atomic E-state index is 12.9. The van der Waals surface area contributed by atoms with Crippen molar-refractivity contribution >= 4 is 17.9 Å². The summed E-state index contributed by atoms with van der Waals surface area (Å²) in [4.78, 5) is 38.2. The molecule has 0 rings (SSSR count). The van der Waals surface area contributed by atoms with Gasteiger partial charge in [0, 0.05) is 19.3 Å². The van der Waals surface area contributed by atoms with Crippen LogP contribution in [-0.4, -0.2) is 37.2 Å². The molecule has 0 aliphatic carbocycles. The van der Waals surface area contributed by atoms with Crippen LogP contribution in [0, 0.1) is 0 Å². The van der Waals surface area contributed by atoms with Crippen LogP contribution in [0.5, 0.6) is 0 Å². The van der Waals surface area contributed by atoms with Gasteiger partial charge in [-0.15, -0.1) is 0 Å². The SMILES string of the molecule is CCC/C=C\CCCCCCCC(=O)OCC(COC(=O)CCCCCCCCCCCCCCCC/C=C\C/C=C\C/C=C\CCCCCCC)OC(=O)CCCCCCCCC/C=C\CCCCCCCCC. The molecule has 0 fully saturated rings. The van der Waals surface area contributed by atoms with E-state index in [0.717, 1.165) is 83.5 Å². The summed E-state index contributed by atoms with van der Waals surface area (Å²) in [5, 5.41) is 0. The van der Waals surface area contributed by atoms with Crippen molar-refractivity contribution in [3.63, 3.8) is 0 Å². The number of hydrogen-bond donors (Lipinski definition) is 0. The minimum atomic E-state index is -0.779. The minimum absolute atomic E-state index is 0.0766. The molecule has 0 radical (unpaired) electrons. The van der Waals surface area contributed by atoms with E-state index in [4.69, 9.17) is 14.2 Å². The van der Waals surface area contributed by atoms with Crippen molar-refractivity contribution in [1.29, 1.82) is 0 Å². The maximum Gasteiger partial charge on any atom is 0.306 e. The van der Waals surface area contributed by atoms with E-state index in [0.29, 0.717) is 19.3 Å². The average molecular weight is 1050 g/mol. The number of esters is 3. The number of hydrogen-bond acceptors (Lipinski definition) is 6. The second-order valence-corrected chi connectivity index (χ2v) is 22.0.